The van der Waals surface area contributed by atoms with Gasteiger partial charge in [0.1, 0.15) is 0 Å². The molecule has 0 saturated heterocycles. The molecule has 0 spiro atoms. The summed E-state index contributed by atoms with van der Waals surface area (Å²) in [5, 5.41) is 0. The molecule has 0 radical (unpaired) electrons. The maximum Gasteiger partial charge on any atom is 0.0427 e. The number of nitrogens with zero attached hydrogens (tertiary/aromatic N) is 1. The maximum atomic E-state index is 2.97. The second kappa shape index (κ2) is 3.55. The SMILES string of the molecule is BrNN(Br)Br. The van der Waals surface area contributed by atoms with Crippen LogP contribution in [0.2, 0.25) is 0 Å². The fourth-order valence-corrected chi connectivity index (χ4v) is 0. The highest BCUT2D eigenvalue weighted by Crippen LogP contribution is 1.99. The van der Waals surface area contributed by atoms with Crippen LogP contribution in [0.25, 0.3) is 0 Å². The molecule has 0 rings (SSSR count). The molecule has 0 aromatic carbocycles. The molecule has 0 amide bonds. The lowest BCUT2D eigenvalue weighted by molar-refractivity contribution is 0.796. The third-order valence-electron chi connectivity index (χ3n) is 0.0639. The summed E-state index contributed by atoms with van der Waals surface area (Å²) in [5.74, 6) is 0. The molecule has 5 heavy (non-hydrogen) atoms. The van der Waals surface area contributed by atoms with Crippen LogP contribution in [-0.4, -0.2) is 3.06 Å². The lowest BCUT2D eigenvalue weighted by Crippen LogP contribution is -2.03. The summed E-state index contributed by atoms with van der Waals surface area (Å²) in [7, 11) is 0. The zero-order valence-electron chi connectivity index (χ0n) is 2.08. The Labute approximate surface area is 55.9 Å². The highest BCUT2D eigenvalue weighted by Gasteiger charge is 1.78. The standard InChI is InChI=1S/Br3HN2/c1-4-5(2)3/h4H. The summed E-state index contributed by atoms with van der Waals surface area (Å²) >= 11 is 8.83. The first-order valence-electron chi connectivity index (χ1n) is 0.751. The Morgan fingerprint density at radius 3 is 1.60 bits per heavy atom. The highest BCUT2D eigenvalue weighted by atomic mass is 79.9. The van der Waals surface area contributed by atoms with E-state index in [1.54, 1.807) is 0 Å². The number of hydrogen-bond acceptors (Lipinski definition) is 2. The number of hydrogen-bond donors (Lipinski definition) is 1. The minimum atomic E-state index is 1.42. The molecule has 32 valence electrons. The van der Waals surface area contributed by atoms with Crippen LogP contribution in [-0.2, 0) is 0 Å². The van der Waals surface area contributed by atoms with Crippen molar-refractivity contribution in [1.82, 2.24) is 7.51 Å². The summed E-state index contributed by atoms with van der Waals surface area (Å²) in [6.45, 7) is 0. The minimum Gasteiger partial charge on any atom is -0.169 e. The molecule has 0 aromatic rings. The van der Waals surface area contributed by atoms with Gasteiger partial charge in [-0.2, -0.15) is 4.45 Å². The summed E-state index contributed by atoms with van der Waals surface area (Å²) in [5.41, 5.74) is 0. The second-order valence-corrected chi connectivity index (χ2v) is 3.04. The molecular formula is HBr3N2. The summed E-state index contributed by atoms with van der Waals surface area (Å²) < 4.78 is 3.92. The quantitative estimate of drug-likeness (QED) is 0.576. The number of nitrogens with one attached hydrogen (secondary N) is 1. The molecule has 2 nitrogen and oxygen atoms in total. The van der Waals surface area contributed by atoms with Crippen molar-refractivity contribution in [3.63, 3.8) is 0 Å². The maximum absolute atomic E-state index is 2.97. The fourth-order valence-electron chi connectivity index (χ4n) is 0. The van der Waals surface area contributed by atoms with Crippen molar-refractivity contribution in [2.45, 2.75) is 0 Å². The van der Waals surface area contributed by atoms with Crippen molar-refractivity contribution < 1.29 is 0 Å². The molecule has 0 bridgehead atoms. The first-order chi connectivity index (χ1) is 2.27. The Morgan fingerprint density at radius 1 is 1.40 bits per heavy atom. The lowest BCUT2D eigenvalue weighted by Gasteiger charge is -1.92. The van der Waals surface area contributed by atoms with Gasteiger partial charge >= 0.3 is 0 Å². The Morgan fingerprint density at radius 2 is 1.60 bits per heavy atom. The van der Waals surface area contributed by atoms with Gasteiger partial charge in [-0.25, -0.2) is 0 Å². The normalized spacial score (nSPS) is 9.60. The molecule has 0 aliphatic heterocycles. The molecule has 0 saturated carbocycles. The van der Waals surface area contributed by atoms with Crippen LogP contribution in [0.1, 0.15) is 0 Å². The van der Waals surface area contributed by atoms with Crippen molar-refractivity contribution in [2.75, 3.05) is 0 Å². The van der Waals surface area contributed by atoms with Gasteiger partial charge in [-0.05, 0) is 0 Å². The predicted molar refractivity (Wildman–Crippen MR) is 31.8 cm³/mol. The van der Waals surface area contributed by atoms with Gasteiger partial charge in [0, 0.05) is 48.4 Å². The molecular weight excluding hydrogens is 268 g/mol. The number of hydrazine groups is 1. The molecule has 0 aromatic heterocycles. The third kappa shape index (κ3) is 5.36. The van der Waals surface area contributed by atoms with Crippen LogP contribution in [0.4, 0.5) is 0 Å². The van der Waals surface area contributed by atoms with Gasteiger partial charge in [-0.15, -0.1) is 3.06 Å². The first kappa shape index (κ1) is 6.36. The van der Waals surface area contributed by atoms with E-state index in [9.17, 15) is 0 Å². The van der Waals surface area contributed by atoms with Gasteiger partial charge in [0.05, 0.1) is 0 Å². The first-order valence-corrected chi connectivity index (χ1v) is 2.96. The zero-order chi connectivity index (χ0) is 4.28. The predicted octanol–water partition coefficient (Wildman–Crippen LogP) is 1.72. The van der Waals surface area contributed by atoms with Crippen LogP contribution < -0.4 is 4.45 Å². The fraction of sp³-hybridized carbons (Fsp3) is 0. The molecule has 0 fully saturated rings. The minimum absolute atomic E-state index is 1.42. The average Bonchev–Trinajstić information content (AvgIpc) is 1.38. The summed E-state index contributed by atoms with van der Waals surface area (Å²) in [4.78, 5) is 0. The van der Waals surface area contributed by atoms with E-state index < -0.39 is 0 Å². The van der Waals surface area contributed by atoms with Crippen molar-refractivity contribution in [3.8, 4) is 0 Å². The Hall–Kier alpha value is 1.36. The largest absolute Gasteiger partial charge is 0.169 e. The monoisotopic (exact) mass is 266 g/mol. The molecule has 0 aliphatic rings. The van der Waals surface area contributed by atoms with E-state index >= 15 is 0 Å². The van der Waals surface area contributed by atoms with Crippen LogP contribution in [0.3, 0.4) is 0 Å². The molecule has 0 heterocycles. The Bertz CT molecular complexity index is 18.9. The zero-order valence-corrected chi connectivity index (χ0v) is 6.84. The topological polar surface area (TPSA) is 15.3 Å². The Kier molecular flexibility index (Phi) is 4.51. The summed E-state index contributed by atoms with van der Waals surface area (Å²) in [6.07, 6.45) is 0. The van der Waals surface area contributed by atoms with Gasteiger partial charge in [0.15, 0.2) is 0 Å². The van der Waals surface area contributed by atoms with Crippen molar-refractivity contribution >= 4 is 48.4 Å². The molecule has 5 heteroatoms. The van der Waals surface area contributed by atoms with Crippen LogP contribution in [0.15, 0.2) is 0 Å². The molecule has 0 aliphatic carbocycles. The van der Waals surface area contributed by atoms with Crippen LogP contribution in [0.5, 0.6) is 0 Å². The molecule has 0 atom stereocenters. The molecule has 0 unspecified atom stereocenters. The highest BCUT2D eigenvalue weighted by molar-refractivity contribution is 9.21. The van der Waals surface area contributed by atoms with Gasteiger partial charge in [-0.1, -0.05) is 0 Å². The van der Waals surface area contributed by atoms with Crippen LogP contribution in [0, 0.1) is 0 Å². The second-order valence-electron chi connectivity index (χ2n) is 0.317. The smallest absolute Gasteiger partial charge is 0.0427 e. The van der Waals surface area contributed by atoms with E-state index in [0.29, 0.717) is 0 Å². The average molecular weight is 269 g/mol. The van der Waals surface area contributed by atoms with E-state index in [0.717, 1.165) is 0 Å². The van der Waals surface area contributed by atoms with Gasteiger partial charge in [0.25, 0.3) is 0 Å². The van der Waals surface area contributed by atoms with Gasteiger partial charge in [-0.3, -0.25) is 0 Å². The van der Waals surface area contributed by atoms with E-state index in [-0.39, 0.29) is 0 Å². The molecule has 1 N–H and O–H groups in total. The van der Waals surface area contributed by atoms with Crippen molar-refractivity contribution in [2.24, 2.45) is 0 Å². The van der Waals surface area contributed by atoms with Crippen LogP contribution >= 0.6 is 48.4 Å². The van der Waals surface area contributed by atoms with E-state index in [1.807, 2.05) is 0 Å². The number of rotatable bonds is 1. The Balaban J connectivity index is 2.54. The van der Waals surface area contributed by atoms with E-state index in [1.165, 1.54) is 3.06 Å². The third-order valence-corrected chi connectivity index (χ3v) is 1.72. The lowest BCUT2D eigenvalue weighted by atomic mass is 13.0. The van der Waals surface area contributed by atoms with E-state index in [4.69, 9.17) is 0 Å². The van der Waals surface area contributed by atoms with Crippen molar-refractivity contribution in [3.05, 3.63) is 0 Å². The van der Waals surface area contributed by atoms with E-state index in [2.05, 4.69) is 52.9 Å². The summed E-state index contributed by atoms with van der Waals surface area (Å²) in [6, 6.07) is 0. The van der Waals surface area contributed by atoms with Gasteiger partial charge < -0.3 is 0 Å². The number of halogens is 3. The van der Waals surface area contributed by atoms with Gasteiger partial charge in [0.2, 0.25) is 0 Å². The van der Waals surface area contributed by atoms with Crippen molar-refractivity contribution in [1.29, 1.82) is 0 Å².